The van der Waals surface area contributed by atoms with Crippen LogP contribution in [0.5, 0.6) is 0 Å². The second-order valence-electron chi connectivity index (χ2n) is 4.98. The summed E-state index contributed by atoms with van der Waals surface area (Å²) in [5, 5.41) is 12.4. The van der Waals surface area contributed by atoms with Crippen LogP contribution in [0, 0.1) is 6.92 Å². The van der Waals surface area contributed by atoms with Crippen molar-refractivity contribution < 1.29 is 9.90 Å². The smallest absolute Gasteiger partial charge is 0.335 e. The highest BCUT2D eigenvalue weighted by Gasteiger charge is 2.18. The van der Waals surface area contributed by atoms with Gasteiger partial charge in [-0.15, -0.1) is 12.4 Å². The molecule has 1 aliphatic heterocycles. The molecule has 0 spiro atoms. The number of benzene rings is 1. The minimum atomic E-state index is -0.852. The van der Waals surface area contributed by atoms with Gasteiger partial charge in [0.25, 0.3) is 0 Å². The molecule has 2 N–H and O–H groups in total. The summed E-state index contributed by atoms with van der Waals surface area (Å²) in [5.41, 5.74) is 2.42. The molecule has 0 radical (unpaired) electrons. The number of carboxylic acid groups (broad SMARTS) is 1. The van der Waals surface area contributed by atoms with E-state index >= 15 is 0 Å². The minimum absolute atomic E-state index is 0. The predicted octanol–water partition coefficient (Wildman–Crippen LogP) is 1.91. The normalized spacial score (nSPS) is 19.8. The van der Waals surface area contributed by atoms with E-state index in [0.29, 0.717) is 11.6 Å². The summed E-state index contributed by atoms with van der Waals surface area (Å²) in [4.78, 5) is 13.4. The summed E-state index contributed by atoms with van der Waals surface area (Å²) >= 11 is 0. The van der Waals surface area contributed by atoms with Gasteiger partial charge in [0.1, 0.15) is 0 Å². The second kappa shape index (κ2) is 6.89. The van der Waals surface area contributed by atoms with Crippen LogP contribution in [0.4, 0.5) is 0 Å². The summed E-state index contributed by atoms with van der Waals surface area (Å²) in [5.74, 6) is -0.852. The first-order valence-corrected chi connectivity index (χ1v) is 6.35. The lowest BCUT2D eigenvalue weighted by Crippen LogP contribution is -2.49. The maximum atomic E-state index is 11.0. The zero-order valence-electron chi connectivity index (χ0n) is 11.3. The van der Waals surface area contributed by atoms with Gasteiger partial charge in [-0.25, -0.2) is 4.79 Å². The number of carboxylic acids is 1. The van der Waals surface area contributed by atoms with Gasteiger partial charge in [0.05, 0.1) is 5.56 Å². The van der Waals surface area contributed by atoms with E-state index < -0.39 is 5.97 Å². The first-order valence-electron chi connectivity index (χ1n) is 6.35. The van der Waals surface area contributed by atoms with Crippen molar-refractivity contribution in [2.24, 2.45) is 0 Å². The van der Waals surface area contributed by atoms with E-state index in [9.17, 15) is 4.79 Å². The molecule has 1 fully saturated rings. The number of piperazine rings is 1. The lowest BCUT2D eigenvalue weighted by atomic mass is 10.0. The molecule has 4 nitrogen and oxygen atoms in total. The summed E-state index contributed by atoms with van der Waals surface area (Å²) in [6.45, 7) is 8.05. The molecule has 1 saturated heterocycles. The molecule has 1 aliphatic rings. The average molecular weight is 285 g/mol. The lowest BCUT2D eigenvalue weighted by Gasteiger charge is -2.34. The molecule has 0 aromatic heterocycles. The number of carbonyl (C=O) groups is 1. The number of nitrogens with zero attached hydrogens (tertiary/aromatic N) is 1. The van der Waals surface area contributed by atoms with Crippen LogP contribution in [-0.2, 0) is 6.54 Å². The molecule has 0 unspecified atom stereocenters. The van der Waals surface area contributed by atoms with Crippen molar-refractivity contribution in [1.82, 2.24) is 10.2 Å². The number of rotatable bonds is 3. The molecule has 1 heterocycles. The molecule has 106 valence electrons. The minimum Gasteiger partial charge on any atom is -0.478 e. The third-order valence-corrected chi connectivity index (χ3v) is 3.55. The standard InChI is InChI=1S/C14H20N2O2.ClH/c1-10-7-12(3-4-13(10)14(17)18)9-16-6-5-15-8-11(16)2;/h3-4,7,11,15H,5-6,8-9H2,1-2H3,(H,17,18);1H/t11-;/m0./s1. The van der Waals surface area contributed by atoms with E-state index in [1.807, 2.05) is 19.1 Å². The number of aromatic carboxylic acids is 1. The van der Waals surface area contributed by atoms with Gasteiger partial charge in [-0.2, -0.15) is 0 Å². The molecule has 19 heavy (non-hydrogen) atoms. The number of halogens is 1. The number of hydrogen-bond acceptors (Lipinski definition) is 3. The molecule has 2 rings (SSSR count). The topological polar surface area (TPSA) is 52.6 Å². The third-order valence-electron chi connectivity index (χ3n) is 3.55. The lowest BCUT2D eigenvalue weighted by molar-refractivity contribution is 0.0696. The Labute approximate surface area is 120 Å². The molecule has 1 atom stereocenters. The van der Waals surface area contributed by atoms with Crippen molar-refractivity contribution in [3.63, 3.8) is 0 Å². The first-order chi connectivity index (χ1) is 8.58. The second-order valence-corrected chi connectivity index (χ2v) is 4.98. The summed E-state index contributed by atoms with van der Waals surface area (Å²) < 4.78 is 0. The van der Waals surface area contributed by atoms with Crippen LogP contribution in [0.2, 0.25) is 0 Å². The van der Waals surface area contributed by atoms with E-state index in [0.717, 1.165) is 31.7 Å². The summed E-state index contributed by atoms with van der Waals surface area (Å²) in [7, 11) is 0. The maximum absolute atomic E-state index is 11.0. The van der Waals surface area contributed by atoms with Crippen molar-refractivity contribution in [2.45, 2.75) is 26.4 Å². The first kappa shape index (κ1) is 16.0. The number of aryl methyl sites for hydroxylation is 1. The third kappa shape index (κ3) is 3.93. The molecule has 0 aliphatic carbocycles. The average Bonchev–Trinajstić information content (AvgIpc) is 2.32. The molecule has 1 aromatic carbocycles. The van der Waals surface area contributed by atoms with Gasteiger partial charge in [0.15, 0.2) is 0 Å². The van der Waals surface area contributed by atoms with Gasteiger partial charge in [0, 0.05) is 32.2 Å². The van der Waals surface area contributed by atoms with Gasteiger partial charge in [0.2, 0.25) is 0 Å². The van der Waals surface area contributed by atoms with Crippen LogP contribution in [0.15, 0.2) is 18.2 Å². The molecule has 1 aromatic rings. The van der Waals surface area contributed by atoms with E-state index in [2.05, 4.69) is 17.1 Å². The Hall–Kier alpha value is -1.10. The highest BCUT2D eigenvalue weighted by molar-refractivity contribution is 5.89. The fourth-order valence-corrected chi connectivity index (χ4v) is 2.42. The van der Waals surface area contributed by atoms with Crippen molar-refractivity contribution in [3.8, 4) is 0 Å². The summed E-state index contributed by atoms with van der Waals surface area (Å²) in [6, 6.07) is 6.14. The van der Waals surface area contributed by atoms with Crippen molar-refractivity contribution >= 4 is 18.4 Å². The Morgan fingerprint density at radius 2 is 2.26 bits per heavy atom. The van der Waals surface area contributed by atoms with Crippen molar-refractivity contribution in [2.75, 3.05) is 19.6 Å². The number of hydrogen-bond donors (Lipinski definition) is 2. The van der Waals surface area contributed by atoms with Crippen molar-refractivity contribution in [1.29, 1.82) is 0 Å². The zero-order valence-corrected chi connectivity index (χ0v) is 12.2. The molecule has 5 heteroatoms. The Morgan fingerprint density at radius 1 is 1.53 bits per heavy atom. The van der Waals surface area contributed by atoms with Crippen LogP contribution >= 0.6 is 12.4 Å². The maximum Gasteiger partial charge on any atom is 0.335 e. The Kier molecular flexibility index (Phi) is 5.79. The van der Waals surface area contributed by atoms with Crippen LogP contribution in [-0.4, -0.2) is 41.7 Å². The van der Waals surface area contributed by atoms with Crippen LogP contribution in [0.3, 0.4) is 0 Å². The van der Waals surface area contributed by atoms with Crippen LogP contribution in [0.25, 0.3) is 0 Å². The predicted molar refractivity (Wildman–Crippen MR) is 78.1 cm³/mol. The molecular formula is C14H21ClN2O2. The quantitative estimate of drug-likeness (QED) is 0.890. The molecule has 0 amide bonds. The fourth-order valence-electron chi connectivity index (χ4n) is 2.42. The molecule has 0 bridgehead atoms. The Bertz CT molecular complexity index is 451. The summed E-state index contributed by atoms with van der Waals surface area (Å²) in [6.07, 6.45) is 0. The Morgan fingerprint density at radius 3 is 2.84 bits per heavy atom. The van der Waals surface area contributed by atoms with Gasteiger partial charge >= 0.3 is 5.97 Å². The van der Waals surface area contributed by atoms with Crippen molar-refractivity contribution in [3.05, 3.63) is 34.9 Å². The van der Waals surface area contributed by atoms with Gasteiger partial charge in [-0.3, -0.25) is 4.90 Å². The molecular weight excluding hydrogens is 264 g/mol. The van der Waals surface area contributed by atoms with E-state index in [4.69, 9.17) is 5.11 Å². The fraction of sp³-hybridized carbons (Fsp3) is 0.500. The van der Waals surface area contributed by atoms with Gasteiger partial charge in [-0.05, 0) is 31.0 Å². The van der Waals surface area contributed by atoms with E-state index in [1.54, 1.807) is 6.07 Å². The van der Waals surface area contributed by atoms with Crippen LogP contribution < -0.4 is 5.32 Å². The monoisotopic (exact) mass is 284 g/mol. The van der Waals surface area contributed by atoms with Gasteiger partial charge in [-0.1, -0.05) is 12.1 Å². The zero-order chi connectivity index (χ0) is 13.1. The number of nitrogens with one attached hydrogen (secondary N) is 1. The Balaban J connectivity index is 0.00000180. The molecule has 0 saturated carbocycles. The van der Waals surface area contributed by atoms with E-state index in [-0.39, 0.29) is 12.4 Å². The largest absolute Gasteiger partial charge is 0.478 e. The van der Waals surface area contributed by atoms with Gasteiger partial charge < -0.3 is 10.4 Å². The van der Waals surface area contributed by atoms with E-state index in [1.165, 1.54) is 5.56 Å². The highest BCUT2D eigenvalue weighted by atomic mass is 35.5. The highest BCUT2D eigenvalue weighted by Crippen LogP contribution is 2.15. The SMILES string of the molecule is Cc1cc(CN2CCNC[C@@H]2C)ccc1C(=O)O.Cl. The van der Waals surface area contributed by atoms with Crippen LogP contribution in [0.1, 0.15) is 28.4 Å².